The van der Waals surface area contributed by atoms with Gasteiger partial charge in [0.2, 0.25) is 0 Å². The van der Waals surface area contributed by atoms with Gasteiger partial charge in [0.05, 0.1) is 12.8 Å². The topological polar surface area (TPSA) is 78.9 Å². The first-order valence-corrected chi connectivity index (χ1v) is 21.6. The highest BCUT2D eigenvalue weighted by Crippen LogP contribution is 2.12. The van der Waals surface area contributed by atoms with Crippen molar-refractivity contribution in [1.82, 2.24) is 0 Å². The molecule has 6 nitrogen and oxygen atoms in total. The second-order valence-electron chi connectivity index (χ2n) is 13.9. The van der Waals surface area contributed by atoms with Crippen LogP contribution >= 0.6 is 0 Å². The van der Waals surface area contributed by atoms with E-state index in [2.05, 4.69) is 81.5 Å². The number of rotatable bonds is 37. The Bertz CT molecular complexity index is 1090. The molecule has 0 saturated carbocycles. The van der Waals surface area contributed by atoms with Crippen LogP contribution in [0.4, 0.5) is 0 Å². The summed E-state index contributed by atoms with van der Waals surface area (Å²) in [7, 11) is 0. The molecule has 0 heterocycles. The first-order chi connectivity index (χ1) is 26.5. The highest BCUT2D eigenvalue weighted by atomic mass is 16.6. The summed E-state index contributed by atoms with van der Waals surface area (Å²) in [6.07, 6.45) is 53.6. The van der Waals surface area contributed by atoms with E-state index in [9.17, 15) is 14.4 Å². The Balaban J connectivity index is 4.42. The van der Waals surface area contributed by atoms with Gasteiger partial charge in [0, 0.05) is 6.42 Å². The van der Waals surface area contributed by atoms with Crippen LogP contribution < -0.4 is 0 Å². The van der Waals surface area contributed by atoms with E-state index in [1.54, 1.807) is 12.2 Å². The highest BCUT2D eigenvalue weighted by molar-refractivity contribution is 5.72. The van der Waals surface area contributed by atoms with Gasteiger partial charge in [0.1, 0.15) is 13.2 Å². The SMILES string of the molecule is CC/C=C\C/C=C\C/C=C\CC(=O)OCC(COC(=O)CCCCCCC/C=C\CCCCCCCCCCC)OC(=O)C/C=C\C/C=C\C/C=C\CC. The van der Waals surface area contributed by atoms with Crippen LogP contribution in [-0.2, 0) is 28.6 Å². The number of carbonyl (C=O) groups excluding carboxylic acids is 3. The Labute approximate surface area is 331 Å². The average molecular weight is 751 g/mol. The van der Waals surface area contributed by atoms with Crippen molar-refractivity contribution in [3.8, 4) is 0 Å². The zero-order chi connectivity index (χ0) is 39.4. The summed E-state index contributed by atoms with van der Waals surface area (Å²) >= 11 is 0. The molecule has 0 spiro atoms. The quantitative estimate of drug-likeness (QED) is 0.0272. The molecule has 0 aliphatic carbocycles. The molecule has 0 saturated heterocycles. The van der Waals surface area contributed by atoms with Crippen molar-refractivity contribution in [3.63, 3.8) is 0 Å². The highest BCUT2D eigenvalue weighted by Gasteiger charge is 2.19. The summed E-state index contributed by atoms with van der Waals surface area (Å²) in [5, 5.41) is 0. The maximum atomic E-state index is 12.6. The van der Waals surface area contributed by atoms with E-state index in [-0.39, 0.29) is 32.0 Å². The van der Waals surface area contributed by atoms with Crippen molar-refractivity contribution in [2.24, 2.45) is 0 Å². The van der Waals surface area contributed by atoms with Crippen molar-refractivity contribution < 1.29 is 28.6 Å². The lowest BCUT2D eigenvalue weighted by molar-refractivity contribution is -0.166. The van der Waals surface area contributed by atoms with Gasteiger partial charge in [-0.1, -0.05) is 176 Å². The number of esters is 3. The summed E-state index contributed by atoms with van der Waals surface area (Å²) in [5.41, 5.74) is 0. The van der Waals surface area contributed by atoms with Gasteiger partial charge in [-0.25, -0.2) is 0 Å². The van der Waals surface area contributed by atoms with Crippen LogP contribution in [0.25, 0.3) is 0 Å². The maximum absolute atomic E-state index is 12.6. The second kappa shape index (κ2) is 42.3. The van der Waals surface area contributed by atoms with Crippen molar-refractivity contribution >= 4 is 17.9 Å². The zero-order valence-corrected chi connectivity index (χ0v) is 34.7. The predicted octanol–water partition coefficient (Wildman–Crippen LogP) is 13.7. The molecule has 0 N–H and O–H groups in total. The average Bonchev–Trinajstić information content (AvgIpc) is 3.17. The van der Waals surface area contributed by atoms with Crippen LogP contribution in [-0.4, -0.2) is 37.2 Å². The van der Waals surface area contributed by atoms with E-state index >= 15 is 0 Å². The van der Waals surface area contributed by atoms with Gasteiger partial charge in [-0.2, -0.15) is 0 Å². The van der Waals surface area contributed by atoms with E-state index in [1.165, 1.54) is 70.6 Å². The molecule has 1 atom stereocenters. The summed E-state index contributed by atoms with van der Waals surface area (Å²) in [5.74, 6) is -1.22. The zero-order valence-electron chi connectivity index (χ0n) is 34.7. The van der Waals surface area contributed by atoms with Gasteiger partial charge < -0.3 is 14.2 Å². The molecular formula is C48H78O6. The van der Waals surface area contributed by atoms with E-state index in [4.69, 9.17) is 14.2 Å². The summed E-state index contributed by atoms with van der Waals surface area (Å²) in [6.45, 7) is 6.17. The molecule has 54 heavy (non-hydrogen) atoms. The van der Waals surface area contributed by atoms with Crippen molar-refractivity contribution in [2.75, 3.05) is 13.2 Å². The molecule has 0 rings (SSSR count). The lowest BCUT2D eigenvalue weighted by atomic mass is 10.1. The van der Waals surface area contributed by atoms with Crippen molar-refractivity contribution in [3.05, 3.63) is 85.1 Å². The molecule has 0 radical (unpaired) electrons. The van der Waals surface area contributed by atoms with Gasteiger partial charge >= 0.3 is 17.9 Å². The monoisotopic (exact) mass is 751 g/mol. The standard InChI is InChI=1S/C48H78O6/c1-4-7-10-13-16-19-20-21-22-23-24-25-26-27-30-32-35-38-41-47(50)53-44-45(54-48(51)42-39-36-33-29-18-15-12-9-6-3)43-52-46(49)40-37-34-31-28-17-14-11-8-5-2/h8-9,11-12,17-18,24-25,28-29,34,36-37,39,45H,4-7,10,13-16,19-23,26-27,30-33,35,38,40-44H2,1-3H3/b11-8-,12-9-,25-24-,28-17-,29-18-,37-34-,39-36-. The van der Waals surface area contributed by atoms with E-state index in [0.717, 1.165) is 70.6 Å². The van der Waals surface area contributed by atoms with Gasteiger partial charge in [0.25, 0.3) is 0 Å². The number of ether oxygens (including phenoxy) is 3. The number of hydrogen-bond donors (Lipinski definition) is 0. The van der Waals surface area contributed by atoms with Gasteiger partial charge in [-0.3, -0.25) is 14.4 Å². The van der Waals surface area contributed by atoms with Gasteiger partial charge in [-0.05, 0) is 70.6 Å². The van der Waals surface area contributed by atoms with E-state index in [0.29, 0.717) is 6.42 Å². The molecule has 0 amide bonds. The molecule has 0 aromatic rings. The molecular weight excluding hydrogens is 673 g/mol. The molecule has 0 aromatic carbocycles. The van der Waals surface area contributed by atoms with Crippen LogP contribution in [0.1, 0.15) is 181 Å². The fraction of sp³-hybridized carbons (Fsp3) is 0.646. The number of carbonyl (C=O) groups is 3. The molecule has 0 fully saturated rings. The molecule has 0 aliphatic heterocycles. The summed E-state index contributed by atoms with van der Waals surface area (Å²) < 4.78 is 16.4. The van der Waals surface area contributed by atoms with E-state index < -0.39 is 18.0 Å². The Hall–Kier alpha value is -3.41. The van der Waals surface area contributed by atoms with Crippen LogP contribution in [0.5, 0.6) is 0 Å². The number of hydrogen-bond acceptors (Lipinski definition) is 6. The second-order valence-corrected chi connectivity index (χ2v) is 13.9. The minimum Gasteiger partial charge on any atom is -0.462 e. The van der Waals surface area contributed by atoms with Gasteiger partial charge in [-0.15, -0.1) is 0 Å². The first-order valence-electron chi connectivity index (χ1n) is 21.6. The molecule has 6 heteroatoms. The van der Waals surface area contributed by atoms with Crippen molar-refractivity contribution in [2.45, 2.75) is 187 Å². The Kier molecular flexibility index (Phi) is 39.7. The van der Waals surface area contributed by atoms with Crippen LogP contribution in [0.2, 0.25) is 0 Å². The maximum Gasteiger partial charge on any atom is 0.310 e. The Morgan fingerprint density at radius 3 is 1.28 bits per heavy atom. The largest absolute Gasteiger partial charge is 0.462 e. The Morgan fingerprint density at radius 1 is 0.407 bits per heavy atom. The van der Waals surface area contributed by atoms with Gasteiger partial charge in [0.15, 0.2) is 6.10 Å². The third-order valence-electron chi connectivity index (χ3n) is 8.68. The Morgan fingerprint density at radius 2 is 0.796 bits per heavy atom. The van der Waals surface area contributed by atoms with Crippen LogP contribution in [0.3, 0.4) is 0 Å². The third kappa shape index (κ3) is 39.8. The van der Waals surface area contributed by atoms with Crippen LogP contribution in [0.15, 0.2) is 85.1 Å². The van der Waals surface area contributed by atoms with Crippen LogP contribution in [0, 0.1) is 0 Å². The fourth-order valence-corrected chi connectivity index (χ4v) is 5.50. The first kappa shape index (κ1) is 50.6. The minimum absolute atomic E-state index is 0.0849. The molecule has 1 unspecified atom stereocenters. The summed E-state index contributed by atoms with van der Waals surface area (Å²) in [6, 6.07) is 0. The number of unbranched alkanes of at least 4 members (excludes halogenated alkanes) is 14. The fourth-order valence-electron chi connectivity index (χ4n) is 5.50. The lowest BCUT2D eigenvalue weighted by Gasteiger charge is -2.17. The van der Waals surface area contributed by atoms with Crippen molar-refractivity contribution in [1.29, 1.82) is 0 Å². The molecule has 0 bridgehead atoms. The number of allylic oxidation sites excluding steroid dienone is 12. The van der Waals surface area contributed by atoms with E-state index in [1.807, 2.05) is 12.2 Å². The molecule has 0 aliphatic rings. The third-order valence-corrected chi connectivity index (χ3v) is 8.68. The molecule has 306 valence electrons. The normalized spacial score (nSPS) is 12.9. The predicted molar refractivity (Wildman–Crippen MR) is 228 cm³/mol. The summed E-state index contributed by atoms with van der Waals surface area (Å²) in [4.78, 5) is 37.4. The smallest absolute Gasteiger partial charge is 0.310 e. The molecule has 0 aromatic heterocycles. The minimum atomic E-state index is -0.861. The lowest BCUT2D eigenvalue weighted by Crippen LogP contribution is -2.30.